The molecule has 13 heavy (non-hydrogen) atoms. The van der Waals surface area contributed by atoms with Crippen molar-refractivity contribution in [3.63, 3.8) is 0 Å². The second-order valence-corrected chi connectivity index (χ2v) is 3.31. The van der Waals surface area contributed by atoms with E-state index in [1.54, 1.807) is 0 Å². The highest BCUT2D eigenvalue weighted by Gasteiger charge is 2.48. The van der Waals surface area contributed by atoms with Crippen molar-refractivity contribution >= 4 is 5.97 Å². The topological polar surface area (TPSA) is 65.0 Å². The van der Waals surface area contributed by atoms with Gasteiger partial charge in [-0.15, -0.1) is 0 Å². The molecule has 2 rings (SSSR count). The molecular weight excluding hydrogens is 176 g/mol. The molecule has 2 fully saturated rings. The highest BCUT2D eigenvalue weighted by molar-refractivity contribution is 5.66. The summed E-state index contributed by atoms with van der Waals surface area (Å²) < 4.78 is 15.5. The quantitative estimate of drug-likeness (QED) is 0.539. The van der Waals surface area contributed by atoms with Crippen LogP contribution in [0.15, 0.2) is 0 Å². The van der Waals surface area contributed by atoms with Crippen LogP contribution in [0.1, 0.15) is 6.92 Å². The number of fused-ring (bicyclic) bond motifs is 1. The molecule has 2 aliphatic rings. The lowest BCUT2D eigenvalue weighted by Crippen LogP contribution is -2.33. The molecule has 4 atom stereocenters. The standard InChI is InChI=1S/C8H12O5/c1-4(9)13-6-3-12-7-5(10)2-11-8(6)7/h5-8,10H,2-3H2,1H3/t5-,6+,7?,8?/m1/s1. The van der Waals surface area contributed by atoms with Gasteiger partial charge >= 0.3 is 5.97 Å². The molecule has 74 valence electrons. The first-order valence-corrected chi connectivity index (χ1v) is 4.27. The van der Waals surface area contributed by atoms with Gasteiger partial charge in [-0.25, -0.2) is 0 Å². The maximum atomic E-state index is 10.7. The fourth-order valence-corrected chi connectivity index (χ4v) is 1.76. The average Bonchev–Trinajstić information content (AvgIpc) is 2.56. The molecule has 0 aliphatic carbocycles. The second kappa shape index (κ2) is 3.25. The number of ether oxygens (including phenoxy) is 3. The van der Waals surface area contributed by atoms with Crippen molar-refractivity contribution in [1.29, 1.82) is 0 Å². The zero-order chi connectivity index (χ0) is 9.42. The number of aliphatic hydroxyl groups is 1. The number of esters is 1. The normalized spacial score (nSPS) is 43.2. The van der Waals surface area contributed by atoms with Crippen molar-refractivity contribution in [1.82, 2.24) is 0 Å². The summed E-state index contributed by atoms with van der Waals surface area (Å²) in [7, 11) is 0. The fourth-order valence-electron chi connectivity index (χ4n) is 1.76. The van der Waals surface area contributed by atoms with E-state index in [1.165, 1.54) is 6.92 Å². The summed E-state index contributed by atoms with van der Waals surface area (Å²) in [4.78, 5) is 10.7. The van der Waals surface area contributed by atoms with Gasteiger partial charge in [0.15, 0.2) is 6.10 Å². The van der Waals surface area contributed by atoms with Gasteiger partial charge in [0.1, 0.15) is 18.3 Å². The van der Waals surface area contributed by atoms with Gasteiger partial charge in [-0.2, -0.15) is 0 Å². The van der Waals surface area contributed by atoms with Crippen LogP contribution >= 0.6 is 0 Å². The fraction of sp³-hybridized carbons (Fsp3) is 0.875. The molecule has 2 saturated heterocycles. The summed E-state index contributed by atoms with van der Waals surface area (Å²) in [5.41, 5.74) is 0. The van der Waals surface area contributed by atoms with Crippen molar-refractivity contribution in [2.75, 3.05) is 13.2 Å². The van der Waals surface area contributed by atoms with Crippen LogP contribution in [0.5, 0.6) is 0 Å². The molecule has 5 nitrogen and oxygen atoms in total. The van der Waals surface area contributed by atoms with Crippen LogP contribution in [-0.2, 0) is 19.0 Å². The minimum atomic E-state index is -0.592. The zero-order valence-corrected chi connectivity index (χ0v) is 7.30. The average molecular weight is 188 g/mol. The van der Waals surface area contributed by atoms with Gasteiger partial charge < -0.3 is 19.3 Å². The first kappa shape index (κ1) is 8.93. The maximum Gasteiger partial charge on any atom is 0.303 e. The van der Waals surface area contributed by atoms with Crippen molar-refractivity contribution in [3.8, 4) is 0 Å². The molecule has 0 radical (unpaired) electrons. The van der Waals surface area contributed by atoms with Crippen LogP contribution in [0.4, 0.5) is 0 Å². The van der Waals surface area contributed by atoms with E-state index in [1.807, 2.05) is 0 Å². The van der Waals surface area contributed by atoms with Gasteiger partial charge in [0, 0.05) is 6.92 Å². The molecule has 0 aromatic rings. The lowest BCUT2D eigenvalue weighted by Gasteiger charge is -2.14. The number of rotatable bonds is 1. The highest BCUT2D eigenvalue weighted by atomic mass is 16.6. The van der Waals surface area contributed by atoms with E-state index in [0.29, 0.717) is 6.61 Å². The predicted octanol–water partition coefficient (Wildman–Crippen LogP) is -0.923. The Morgan fingerprint density at radius 3 is 2.77 bits per heavy atom. The smallest absolute Gasteiger partial charge is 0.303 e. The summed E-state index contributed by atoms with van der Waals surface area (Å²) in [6, 6.07) is 0. The Hall–Kier alpha value is -0.650. The van der Waals surface area contributed by atoms with E-state index >= 15 is 0 Å². The van der Waals surface area contributed by atoms with Crippen molar-refractivity contribution in [3.05, 3.63) is 0 Å². The van der Waals surface area contributed by atoms with Gasteiger partial charge in [0.25, 0.3) is 0 Å². The maximum absolute atomic E-state index is 10.7. The van der Waals surface area contributed by atoms with Gasteiger partial charge in [-0.3, -0.25) is 4.79 Å². The van der Waals surface area contributed by atoms with Crippen molar-refractivity contribution in [2.24, 2.45) is 0 Å². The predicted molar refractivity (Wildman–Crippen MR) is 41.0 cm³/mol. The van der Waals surface area contributed by atoms with E-state index in [-0.39, 0.29) is 30.9 Å². The Morgan fingerprint density at radius 2 is 2.08 bits per heavy atom. The Labute approximate surface area is 75.6 Å². The van der Waals surface area contributed by atoms with Crippen molar-refractivity contribution in [2.45, 2.75) is 31.3 Å². The SMILES string of the molecule is CC(=O)O[C@H]1COC2C1OC[C@H]2O. The molecule has 2 aliphatic heterocycles. The first-order chi connectivity index (χ1) is 6.18. The summed E-state index contributed by atoms with van der Waals surface area (Å²) >= 11 is 0. The minimum Gasteiger partial charge on any atom is -0.457 e. The van der Waals surface area contributed by atoms with Crippen LogP contribution < -0.4 is 0 Å². The van der Waals surface area contributed by atoms with E-state index in [4.69, 9.17) is 14.2 Å². The summed E-state index contributed by atoms with van der Waals surface area (Å²) in [5.74, 6) is -0.348. The Kier molecular flexibility index (Phi) is 2.23. The number of hydrogen-bond donors (Lipinski definition) is 1. The Bertz CT molecular complexity index is 217. The lowest BCUT2D eigenvalue weighted by molar-refractivity contribution is -0.151. The first-order valence-electron chi connectivity index (χ1n) is 4.27. The van der Waals surface area contributed by atoms with Crippen LogP contribution in [0.2, 0.25) is 0 Å². The molecule has 2 unspecified atom stereocenters. The van der Waals surface area contributed by atoms with Gasteiger partial charge in [-0.05, 0) is 0 Å². The van der Waals surface area contributed by atoms with Crippen LogP contribution in [0, 0.1) is 0 Å². The molecule has 1 N–H and O–H groups in total. The van der Waals surface area contributed by atoms with Crippen molar-refractivity contribution < 1.29 is 24.1 Å². The van der Waals surface area contributed by atoms with Gasteiger partial charge in [0.05, 0.1) is 13.2 Å². The third-order valence-electron chi connectivity index (χ3n) is 2.30. The molecular formula is C8H12O5. The van der Waals surface area contributed by atoms with E-state index in [9.17, 15) is 9.90 Å². The molecule has 0 spiro atoms. The second-order valence-electron chi connectivity index (χ2n) is 3.31. The van der Waals surface area contributed by atoms with Crippen LogP contribution in [0.25, 0.3) is 0 Å². The summed E-state index contributed by atoms with van der Waals surface area (Å²) in [6.45, 7) is 1.91. The molecule has 5 heteroatoms. The third kappa shape index (κ3) is 1.54. The Morgan fingerprint density at radius 1 is 1.38 bits per heavy atom. The third-order valence-corrected chi connectivity index (χ3v) is 2.30. The number of hydrogen-bond acceptors (Lipinski definition) is 5. The number of aliphatic hydroxyl groups excluding tert-OH is 1. The van der Waals surface area contributed by atoms with Gasteiger partial charge in [0.2, 0.25) is 0 Å². The number of carbonyl (C=O) groups excluding carboxylic acids is 1. The minimum absolute atomic E-state index is 0.257. The molecule has 0 saturated carbocycles. The lowest BCUT2D eigenvalue weighted by atomic mass is 10.1. The molecule has 0 aromatic heterocycles. The molecule has 0 bridgehead atoms. The number of carbonyl (C=O) groups is 1. The van der Waals surface area contributed by atoms with E-state index in [0.717, 1.165) is 0 Å². The van der Waals surface area contributed by atoms with E-state index < -0.39 is 6.10 Å². The summed E-state index contributed by atoms with van der Waals surface area (Å²) in [5, 5.41) is 9.36. The van der Waals surface area contributed by atoms with E-state index in [2.05, 4.69) is 0 Å². The van der Waals surface area contributed by atoms with Crippen LogP contribution in [-0.4, -0.2) is 48.7 Å². The molecule has 2 heterocycles. The molecule has 0 amide bonds. The Balaban J connectivity index is 1.98. The highest BCUT2D eigenvalue weighted by Crippen LogP contribution is 2.28. The van der Waals surface area contributed by atoms with Gasteiger partial charge in [-0.1, -0.05) is 0 Å². The summed E-state index contributed by atoms with van der Waals surface area (Å²) in [6.07, 6.45) is -1.58. The monoisotopic (exact) mass is 188 g/mol. The largest absolute Gasteiger partial charge is 0.457 e. The zero-order valence-electron chi connectivity index (χ0n) is 7.30. The molecule has 0 aromatic carbocycles. The van der Waals surface area contributed by atoms with Crippen LogP contribution in [0.3, 0.4) is 0 Å².